The monoisotopic (exact) mass is 346 g/mol. The Morgan fingerprint density at radius 1 is 1.29 bits per heavy atom. The Morgan fingerprint density at radius 3 is 2.62 bits per heavy atom. The van der Waals surface area contributed by atoms with Crippen molar-refractivity contribution in [1.29, 1.82) is 0 Å². The lowest BCUT2D eigenvalue weighted by Gasteiger charge is -2.20. The van der Waals surface area contributed by atoms with Crippen molar-refractivity contribution in [3.63, 3.8) is 0 Å². The molecule has 1 aromatic heterocycles. The summed E-state index contributed by atoms with van der Waals surface area (Å²) in [6.07, 6.45) is 3.37. The van der Waals surface area contributed by atoms with Gasteiger partial charge in [0.05, 0.1) is 12.1 Å². The molecule has 4 nitrogen and oxygen atoms in total. The van der Waals surface area contributed by atoms with Gasteiger partial charge in [-0.2, -0.15) is 0 Å². The van der Waals surface area contributed by atoms with Gasteiger partial charge in [0.25, 0.3) is 5.91 Å². The maximum absolute atomic E-state index is 12.9. The van der Waals surface area contributed by atoms with Crippen LogP contribution in [0.25, 0.3) is 5.57 Å². The molecular weight excluding hydrogens is 327 g/mol. The van der Waals surface area contributed by atoms with E-state index in [1.54, 1.807) is 23.2 Å². The van der Waals surface area contributed by atoms with Crippen molar-refractivity contribution in [1.82, 2.24) is 9.88 Å². The van der Waals surface area contributed by atoms with E-state index in [1.165, 1.54) is 23.5 Å². The van der Waals surface area contributed by atoms with E-state index in [0.29, 0.717) is 17.1 Å². The average molecular weight is 346 g/mol. The molecule has 1 aliphatic rings. The number of hydrogen-bond acceptors (Lipinski definition) is 4. The Balaban J connectivity index is 1.69. The molecule has 0 fully saturated rings. The second-order valence-corrected chi connectivity index (χ2v) is 7.23. The van der Waals surface area contributed by atoms with E-state index in [4.69, 9.17) is 0 Å². The molecule has 0 radical (unpaired) electrons. The van der Waals surface area contributed by atoms with Crippen molar-refractivity contribution in [2.45, 2.75) is 32.7 Å². The first-order valence-electron chi connectivity index (χ1n) is 7.88. The largest absolute Gasteiger partial charge is 0.503 e. The zero-order valence-corrected chi connectivity index (χ0v) is 14.4. The second-order valence-electron chi connectivity index (χ2n) is 6.11. The molecule has 0 unspecified atom stereocenters. The van der Waals surface area contributed by atoms with E-state index >= 15 is 0 Å². The zero-order chi connectivity index (χ0) is 17.3. The van der Waals surface area contributed by atoms with E-state index < -0.39 is 0 Å². The van der Waals surface area contributed by atoms with Gasteiger partial charge >= 0.3 is 0 Å². The van der Waals surface area contributed by atoms with Crippen molar-refractivity contribution in [3.8, 4) is 0 Å². The lowest BCUT2D eigenvalue weighted by atomic mass is 10.1. The van der Waals surface area contributed by atoms with Crippen LogP contribution >= 0.6 is 11.3 Å². The van der Waals surface area contributed by atoms with Crippen LogP contribution in [-0.4, -0.2) is 33.5 Å². The highest BCUT2D eigenvalue weighted by molar-refractivity contribution is 7.12. The molecule has 6 heteroatoms. The summed E-state index contributed by atoms with van der Waals surface area (Å²) in [6.45, 7) is 4.24. The predicted molar refractivity (Wildman–Crippen MR) is 92.3 cm³/mol. The third-order valence-electron chi connectivity index (χ3n) is 4.09. The normalized spacial score (nSPS) is 15.0. The minimum atomic E-state index is -0.330. The molecule has 126 valence electrons. The first kappa shape index (κ1) is 16.6. The Bertz CT molecular complexity index is 781. The minimum absolute atomic E-state index is 0.0371. The number of rotatable bonds is 5. The summed E-state index contributed by atoms with van der Waals surface area (Å²) in [6, 6.07) is 6.51. The Hall–Kier alpha value is -2.21. The summed E-state index contributed by atoms with van der Waals surface area (Å²) >= 11 is 1.49. The number of nitrogens with zero attached hydrogens (tertiary/aromatic N) is 2. The number of aliphatic hydroxyl groups excluding tert-OH is 1. The molecule has 2 aromatic rings. The summed E-state index contributed by atoms with van der Waals surface area (Å²) in [4.78, 5) is 19.1. The molecule has 0 saturated heterocycles. The Labute approximate surface area is 144 Å². The van der Waals surface area contributed by atoms with Crippen LogP contribution < -0.4 is 0 Å². The number of aryl methyl sites for hydroxylation is 2. The number of thiazole rings is 1. The van der Waals surface area contributed by atoms with Crippen molar-refractivity contribution >= 4 is 22.8 Å². The molecule has 2 heterocycles. The van der Waals surface area contributed by atoms with E-state index in [2.05, 4.69) is 4.98 Å². The maximum Gasteiger partial charge on any atom is 0.289 e. The van der Waals surface area contributed by atoms with Gasteiger partial charge in [-0.3, -0.25) is 4.79 Å². The van der Waals surface area contributed by atoms with Gasteiger partial charge in [-0.1, -0.05) is 12.1 Å². The predicted octanol–water partition coefficient (Wildman–Crippen LogP) is 3.59. The van der Waals surface area contributed by atoms with E-state index in [0.717, 1.165) is 23.3 Å². The third kappa shape index (κ3) is 3.33. The molecule has 3 rings (SSSR count). The summed E-state index contributed by atoms with van der Waals surface area (Å²) in [5, 5.41) is 10.8. The van der Waals surface area contributed by atoms with Gasteiger partial charge in [0.1, 0.15) is 10.8 Å². The van der Waals surface area contributed by atoms with Gasteiger partial charge in [0.2, 0.25) is 0 Å². The Kier molecular flexibility index (Phi) is 4.66. The number of hydrogen-bond donors (Lipinski definition) is 1. The van der Waals surface area contributed by atoms with Crippen LogP contribution in [-0.2, 0) is 17.6 Å². The first-order chi connectivity index (χ1) is 11.5. The number of carbonyl (C=O) groups is 1. The number of aliphatic hydroxyl groups is 1. The first-order valence-corrected chi connectivity index (χ1v) is 8.70. The summed E-state index contributed by atoms with van der Waals surface area (Å²) in [5.41, 5.74) is 1.67. The number of benzene rings is 1. The van der Waals surface area contributed by atoms with Crippen molar-refractivity contribution in [2.75, 3.05) is 6.54 Å². The molecule has 1 N–H and O–H groups in total. The minimum Gasteiger partial charge on any atom is -0.503 e. The highest BCUT2D eigenvalue weighted by atomic mass is 32.1. The van der Waals surface area contributed by atoms with Crippen molar-refractivity contribution < 1.29 is 14.3 Å². The summed E-state index contributed by atoms with van der Waals surface area (Å²) in [5.74, 6) is -0.756. The molecule has 0 saturated carbocycles. The summed E-state index contributed by atoms with van der Waals surface area (Å²) in [7, 11) is 0. The molecule has 1 amide bonds. The second kappa shape index (κ2) is 6.73. The zero-order valence-electron chi connectivity index (χ0n) is 13.6. The SMILES string of the molecule is CC(C)N1CC(c2ncc(CCc3ccc(F)cc3)s2)=C(O)C1=O. The van der Waals surface area contributed by atoms with Gasteiger partial charge in [-0.15, -0.1) is 11.3 Å². The molecule has 1 aromatic carbocycles. The number of amides is 1. The van der Waals surface area contributed by atoms with Crippen LogP contribution in [0.4, 0.5) is 4.39 Å². The van der Waals surface area contributed by atoms with Gasteiger partial charge in [0, 0.05) is 17.1 Å². The smallest absolute Gasteiger partial charge is 0.289 e. The third-order valence-corrected chi connectivity index (χ3v) is 5.20. The van der Waals surface area contributed by atoms with E-state index in [-0.39, 0.29) is 23.5 Å². The quantitative estimate of drug-likeness (QED) is 0.900. The fraction of sp³-hybridized carbons (Fsp3) is 0.333. The van der Waals surface area contributed by atoms with Crippen molar-refractivity contribution in [3.05, 3.63) is 57.5 Å². The molecule has 0 atom stereocenters. The molecule has 0 bridgehead atoms. The average Bonchev–Trinajstić information content (AvgIpc) is 3.13. The van der Waals surface area contributed by atoms with Gasteiger partial charge in [-0.05, 0) is 44.4 Å². The number of halogens is 1. The number of aromatic nitrogens is 1. The van der Waals surface area contributed by atoms with E-state index in [9.17, 15) is 14.3 Å². The fourth-order valence-corrected chi connectivity index (χ4v) is 3.60. The fourth-order valence-electron chi connectivity index (χ4n) is 2.65. The number of carbonyl (C=O) groups excluding carboxylic acids is 1. The lowest BCUT2D eigenvalue weighted by Crippen LogP contribution is -2.33. The lowest BCUT2D eigenvalue weighted by molar-refractivity contribution is -0.129. The van der Waals surface area contributed by atoms with Gasteiger partial charge in [-0.25, -0.2) is 9.37 Å². The molecule has 0 aliphatic carbocycles. The van der Waals surface area contributed by atoms with E-state index in [1.807, 2.05) is 13.8 Å². The van der Waals surface area contributed by atoms with Crippen LogP contribution in [0.15, 0.2) is 36.2 Å². The van der Waals surface area contributed by atoms with Gasteiger partial charge in [0.15, 0.2) is 5.76 Å². The Morgan fingerprint density at radius 2 is 2.00 bits per heavy atom. The maximum atomic E-state index is 12.9. The highest BCUT2D eigenvalue weighted by Crippen LogP contribution is 2.30. The van der Waals surface area contributed by atoms with Crippen LogP contribution in [0.1, 0.15) is 29.3 Å². The molecule has 0 spiro atoms. The van der Waals surface area contributed by atoms with Crippen molar-refractivity contribution in [2.24, 2.45) is 0 Å². The van der Waals surface area contributed by atoms with Crippen LogP contribution in [0, 0.1) is 5.82 Å². The summed E-state index contributed by atoms with van der Waals surface area (Å²) < 4.78 is 12.9. The molecule has 1 aliphatic heterocycles. The standard InChI is InChI=1S/C18H19FN2O2S/c1-11(2)21-10-15(16(22)18(21)23)17-20-9-14(24-17)8-5-12-3-6-13(19)7-4-12/h3-4,6-7,9,11,22H,5,8,10H2,1-2H3. The van der Waals surface area contributed by atoms with Crippen LogP contribution in [0.3, 0.4) is 0 Å². The molecular formula is C18H19FN2O2S. The van der Waals surface area contributed by atoms with Crippen LogP contribution in [0.5, 0.6) is 0 Å². The van der Waals surface area contributed by atoms with Gasteiger partial charge < -0.3 is 10.0 Å². The molecule has 24 heavy (non-hydrogen) atoms. The van der Waals surface area contributed by atoms with Crippen LogP contribution in [0.2, 0.25) is 0 Å². The highest BCUT2D eigenvalue weighted by Gasteiger charge is 2.33. The topological polar surface area (TPSA) is 53.4 Å².